The lowest BCUT2D eigenvalue weighted by molar-refractivity contribution is 0.483. The van der Waals surface area contributed by atoms with Crippen LogP contribution >= 0.6 is 0 Å². The zero-order chi connectivity index (χ0) is 18.8. The lowest BCUT2D eigenvalue weighted by Crippen LogP contribution is -1.86. The minimum Gasteiger partial charge on any atom is -0.463 e. The molecule has 0 bridgehead atoms. The Labute approximate surface area is 161 Å². The zero-order valence-corrected chi connectivity index (χ0v) is 14.8. The lowest BCUT2D eigenvalue weighted by Gasteiger charge is -2.06. The van der Waals surface area contributed by atoms with Gasteiger partial charge in [0.2, 0.25) is 0 Å². The van der Waals surface area contributed by atoms with Gasteiger partial charge in [0, 0.05) is 5.56 Å². The first kappa shape index (κ1) is 16.2. The van der Waals surface area contributed by atoms with Gasteiger partial charge in [-0.3, -0.25) is 0 Å². The van der Waals surface area contributed by atoms with Crippen molar-refractivity contribution in [2.75, 3.05) is 0 Å². The molecule has 0 saturated carbocycles. The zero-order valence-electron chi connectivity index (χ0n) is 14.8. The molecular weight excluding hydrogens is 352 g/mol. The molecule has 0 atom stereocenters. The maximum absolute atomic E-state index is 5.94. The Kier molecular flexibility index (Phi) is 4.03. The minimum absolute atomic E-state index is 0.672. The largest absolute Gasteiger partial charge is 0.463 e. The normalized spacial score (nSPS) is 10.9. The molecular formula is C23H16N2O3. The van der Waals surface area contributed by atoms with Crippen molar-refractivity contribution in [1.82, 2.24) is 9.97 Å². The molecule has 136 valence electrons. The smallest absolute Gasteiger partial charge is 0.154 e. The van der Waals surface area contributed by atoms with Gasteiger partial charge >= 0.3 is 0 Å². The maximum Gasteiger partial charge on any atom is 0.154 e. The molecule has 0 aliphatic heterocycles. The summed E-state index contributed by atoms with van der Waals surface area (Å²) in [6.07, 6.45) is 3.26. The Morgan fingerprint density at radius 2 is 1.46 bits per heavy atom. The Morgan fingerprint density at radius 1 is 0.714 bits per heavy atom. The summed E-state index contributed by atoms with van der Waals surface area (Å²) in [5.41, 5.74) is 2.37. The molecule has 5 aromatic rings. The molecule has 1 N–H and O–H groups in total. The number of hydrogen-bond donors (Lipinski definition) is 1. The first-order valence-electron chi connectivity index (χ1n) is 8.88. The number of imidazole rings is 1. The number of H-pyrrole nitrogens is 1. The van der Waals surface area contributed by atoms with Crippen LogP contribution in [0, 0.1) is 0 Å². The molecule has 0 aliphatic carbocycles. The van der Waals surface area contributed by atoms with Crippen molar-refractivity contribution >= 4 is 0 Å². The molecule has 5 rings (SSSR count). The van der Waals surface area contributed by atoms with Crippen LogP contribution in [0.3, 0.4) is 0 Å². The van der Waals surface area contributed by atoms with E-state index < -0.39 is 0 Å². The summed E-state index contributed by atoms with van der Waals surface area (Å²) in [5, 5.41) is 0. The molecule has 3 aromatic heterocycles. The van der Waals surface area contributed by atoms with Gasteiger partial charge in [0.25, 0.3) is 0 Å². The number of ether oxygens (including phenoxy) is 1. The van der Waals surface area contributed by atoms with Crippen LogP contribution in [0.1, 0.15) is 0 Å². The van der Waals surface area contributed by atoms with E-state index in [4.69, 9.17) is 18.6 Å². The van der Waals surface area contributed by atoms with E-state index in [-0.39, 0.29) is 0 Å². The third-order valence-electron chi connectivity index (χ3n) is 4.31. The van der Waals surface area contributed by atoms with Crippen LogP contribution in [0.4, 0.5) is 0 Å². The molecule has 0 amide bonds. The summed E-state index contributed by atoms with van der Waals surface area (Å²) in [4.78, 5) is 8.12. The fourth-order valence-electron chi connectivity index (χ4n) is 3.03. The van der Waals surface area contributed by atoms with Crippen LogP contribution in [0.2, 0.25) is 0 Å². The van der Waals surface area contributed by atoms with Gasteiger partial charge in [0.1, 0.15) is 28.7 Å². The molecule has 3 heterocycles. The van der Waals surface area contributed by atoms with E-state index in [2.05, 4.69) is 4.98 Å². The standard InChI is InChI=1S/C23H16N2O3/c1-2-8-17(9-3-1)28-18-10-4-7-16(15-18)23-24-21(19-11-5-13-26-19)22(25-23)20-12-6-14-27-20/h1-15H,(H,24,25). The Hall–Kier alpha value is -3.99. The van der Waals surface area contributed by atoms with Crippen molar-refractivity contribution in [3.63, 3.8) is 0 Å². The van der Waals surface area contributed by atoms with E-state index in [1.54, 1.807) is 12.5 Å². The van der Waals surface area contributed by atoms with Crippen LogP contribution in [-0.4, -0.2) is 9.97 Å². The van der Waals surface area contributed by atoms with Crippen LogP contribution in [0.15, 0.2) is 100 Å². The summed E-state index contributed by atoms with van der Waals surface area (Å²) in [6.45, 7) is 0. The van der Waals surface area contributed by atoms with Crippen molar-refractivity contribution in [1.29, 1.82) is 0 Å². The fourth-order valence-corrected chi connectivity index (χ4v) is 3.03. The van der Waals surface area contributed by atoms with Gasteiger partial charge in [-0.1, -0.05) is 30.3 Å². The second kappa shape index (κ2) is 6.96. The summed E-state index contributed by atoms with van der Waals surface area (Å²) in [5.74, 6) is 3.59. The highest BCUT2D eigenvalue weighted by Gasteiger charge is 2.19. The van der Waals surface area contributed by atoms with Gasteiger partial charge in [-0.25, -0.2) is 4.98 Å². The average molecular weight is 368 g/mol. The number of aromatic nitrogens is 2. The molecule has 0 saturated heterocycles. The van der Waals surface area contributed by atoms with Crippen molar-refractivity contribution in [3.8, 4) is 45.8 Å². The molecule has 0 spiro atoms. The highest BCUT2D eigenvalue weighted by atomic mass is 16.5. The number of hydrogen-bond acceptors (Lipinski definition) is 4. The van der Waals surface area contributed by atoms with Crippen LogP contribution in [0.5, 0.6) is 11.5 Å². The molecule has 0 unspecified atom stereocenters. The molecule has 0 radical (unpaired) electrons. The predicted octanol–water partition coefficient (Wildman–Crippen LogP) is 6.39. The van der Waals surface area contributed by atoms with Crippen molar-refractivity contribution in [2.45, 2.75) is 0 Å². The summed E-state index contributed by atoms with van der Waals surface area (Å²) in [7, 11) is 0. The summed E-state index contributed by atoms with van der Waals surface area (Å²) in [6, 6.07) is 24.9. The van der Waals surface area contributed by atoms with E-state index in [0.29, 0.717) is 23.0 Å². The van der Waals surface area contributed by atoms with Crippen LogP contribution in [0.25, 0.3) is 34.3 Å². The number of nitrogens with one attached hydrogen (secondary N) is 1. The van der Waals surface area contributed by atoms with Gasteiger partial charge in [0.15, 0.2) is 11.5 Å². The van der Waals surface area contributed by atoms with Gasteiger partial charge < -0.3 is 18.6 Å². The second-order valence-corrected chi connectivity index (χ2v) is 6.21. The molecule has 2 aromatic carbocycles. The minimum atomic E-state index is 0.672. The van der Waals surface area contributed by atoms with Gasteiger partial charge in [-0.2, -0.15) is 0 Å². The Morgan fingerprint density at radius 3 is 2.21 bits per heavy atom. The van der Waals surface area contributed by atoms with Crippen molar-refractivity contribution < 1.29 is 13.6 Å². The maximum atomic E-state index is 5.94. The first-order chi connectivity index (χ1) is 13.9. The highest BCUT2D eigenvalue weighted by Crippen LogP contribution is 2.34. The number of nitrogens with zero attached hydrogens (tertiary/aromatic N) is 1. The van der Waals surface area contributed by atoms with E-state index in [1.807, 2.05) is 78.9 Å². The molecule has 28 heavy (non-hydrogen) atoms. The van der Waals surface area contributed by atoms with E-state index in [9.17, 15) is 0 Å². The fraction of sp³-hybridized carbons (Fsp3) is 0. The van der Waals surface area contributed by atoms with E-state index >= 15 is 0 Å². The monoisotopic (exact) mass is 368 g/mol. The van der Waals surface area contributed by atoms with E-state index in [0.717, 1.165) is 22.8 Å². The highest BCUT2D eigenvalue weighted by molar-refractivity contribution is 5.77. The van der Waals surface area contributed by atoms with E-state index in [1.165, 1.54) is 0 Å². The lowest BCUT2D eigenvalue weighted by atomic mass is 10.2. The first-order valence-corrected chi connectivity index (χ1v) is 8.88. The average Bonchev–Trinajstić information content (AvgIpc) is 3.49. The quantitative estimate of drug-likeness (QED) is 0.390. The third kappa shape index (κ3) is 3.10. The van der Waals surface area contributed by atoms with Gasteiger partial charge in [-0.15, -0.1) is 0 Å². The molecule has 0 aliphatic rings. The van der Waals surface area contributed by atoms with Gasteiger partial charge in [-0.05, 0) is 48.5 Å². The van der Waals surface area contributed by atoms with Crippen LogP contribution < -0.4 is 4.74 Å². The molecule has 0 fully saturated rings. The predicted molar refractivity (Wildman–Crippen MR) is 106 cm³/mol. The topological polar surface area (TPSA) is 64.2 Å². The Bertz CT molecular complexity index is 1120. The molecule has 5 heteroatoms. The Balaban J connectivity index is 1.55. The SMILES string of the molecule is c1ccc(Oc2cccc(-c3nc(-c4ccco4)c(-c4ccco4)[nH]3)c2)cc1. The van der Waals surface area contributed by atoms with Crippen molar-refractivity contribution in [2.24, 2.45) is 0 Å². The number of rotatable bonds is 5. The number of aromatic amines is 1. The number of furan rings is 2. The second-order valence-electron chi connectivity index (χ2n) is 6.21. The van der Waals surface area contributed by atoms with Crippen LogP contribution in [-0.2, 0) is 0 Å². The third-order valence-corrected chi connectivity index (χ3v) is 4.31. The molecule has 5 nitrogen and oxygen atoms in total. The van der Waals surface area contributed by atoms with Gasteiger partial charge in [0.05, 0.1) is 12.5 Å². The summed E-state index contributed by atoms with van der Waals surface area (Å²) >= 11 is 0. The summed E-state index contributed by atoms with van der Waals surface area (Å²) < 4.78 is 17.1. The number of benzene rings is 2. The van der Waals surface area contributed by atoms with Crippen molar-refractivity contribution in [3.05, 3.63) is 91.4 Å². The number of para-hydroxylation sites is 1.